The van der Waals surface area contributed by atoms with Gasteiger partial charge in [0.15, 0.2) is 0 Å². The molecule has 0 atom stereocenters. The molecule has 26 heavy (non-hydrogen) atoms. The summed E-state index contributed by atoms with van der Waals surface area (Å²) < 4.78 is 0. The molecule has 0 saturated heterocycles. The second-order valence-electron chi connectivity index (χ2n) is 6.31. The van der Waals surface area contributed by atoms with Crippen LogP contribution in [0.25, 0.3) is 22.2 Å². The fraction of sp³-hybridized carbons (Fsp3) is 0.250. The lowest BCUT2D eigenvalue weighted by atomic mass is 9.96. The second kappa shape index (κ2) is 7.70. The van der Waals surface area contributed by atoms with Crippen molar-refractivity contribution in [2.45, 2.75) is 26.2 Å². The molecule has 0 spiro atoms. The van der Waals surface area contributed by atoms with Crippen LogP contribution in [0.15, 0.2) is 30.3 Å². The van der Waals surface area contributed by atoms with Gasteiger partial charge in [0.1, 0.15) is 0 Å². The monoisotopic (exact) mass is 390 g/mol. The van der Waals surface area contributed by atoms with Gasteiger partial charge in [-0.3, -0.25) is 0 Å². The molecule has 0 radical (unpaired) electrons. The number of H-pyrrole nitrogens is 1. The number of nitrogens with one attached hydrogen (secondary N) is 1. The molecule has 2 aromatic carbocycles. The Morgan fingerprint density at radius 2 is 1.85 bits per heavy atom. The van der Waals surface area contributed by atoms with Gasteiger partial charge in [-0.25, -0.2) is 4.79 Å². The number of aryl methyl sites for hydroxylation is 2. The first kappa shape index (κ1) is 18.8. The summed E-state index contributed by atoms with van der Waals surface area (Å²) in [4.78, 5) is 15.2. The van der Waals surface area contributed by atoms with E-state index in [0.29, 0.717) is 28.6 Å². The summed E-state index contributed by atoms with van der Waals surface area (Å²) in [5.41, 5.74) is 10.1. The Morgan fingerprint density at radius 1 is 1.15 bits per heavy atom. The molecule has 0 saturated carbocycles. The topological polar surface area (TPSA) is 79.1 Å². The minimum atomic E-state index is -0.953. The molecule has 0 aliphatic rings. The molecule has 0 aliphatic carbocycles. The lowest BCUT2D eigenvalue weighted by Crippen LogP contribution is -2.01. The van der Waals surface area contributed by atoms with Gasteiger partial charge in [-0.15, -0.1) is 0 Å². The Bertz CT molecular complexity index is 959. The largest absolute Gasteiger partial charge is 0.478 e. The van der Waals surface area contributed by atoms with Gasteiger partial charge in [0.05, 0.1) is 21.3 Å². The lowest BCUT2D eigenvalue weighted by Gasteiger charge is -2.09. The number of nitrogens with two attached hydrogens (primary N) is 1. The van der Waals surface area contributed by atoms with Gasteiger partial charge in [-0.2, -0.15) is 0 Å². The smallest absolute Gasteiger partial charge is 0.336 e. The van der Waals surface area contributed by atoms with Gasteiger partial charge in [0.25, 0.3) is 0 Å². The Morgan fingerprint density at radius 3 is 2.46 bits per heavy atom. The molecule has 1 heterocycles. The van der Waals surface area contributed by atoms with Crippen molar-refractivity contribution in [3.8, 4) is 11.3 Å². The third-order valence-corrected chi connectivity index (χ3v) is 5.22. The standard InChI is InChI=1S/C20H20Cl2N2O2/c1-11-8-9-13(20(25)26)16-12(5-2-3-10-23)19(24-18(11)16)17-14(21)6-4-7-15(17)22/h4,6-9,24H,2-3,5,10,23H2,1H3,(H,25,26). The predicted molar refractivity (Wildman–Crippen MR) is 107 cm³/mol. The van der Waals surface area contributed by atoms with Crippen molar-refractivity contribution >= 4 is 40.1 Å². The summed E-state index contributed by atoms with van der Waals surface area (Å²) in [6.45, 7) is 2.54. The minimum absolute atomic E-state index is 0.277. The zero-order valence-corrected chi connectivity index (χ0v) is 15.9. The third kappa shape index (κ3) is 3.32. The van der Waals surface area contributed by atoms with E-state index in [-0.39, 0.29) is 5.56 Å². The number of rotatable bonds is 6. The average molecular weight is 391 g/mol. The number of carbonyl (C=O) groups is 1. The van der Waals surface area contributed by atoms with E-state index in [1.54, 1.807) is 24.3 Å². The van der Waals surface area contributed by atoms with Crippen LogP contribution in [0.3, 0.4) is 0 Å². The summed E-state index contributed by atoms with van der Waals surface area (Å²) in [5.74, 6) is -0.953. The molecule has 0 bridgehead atoms. The Balaban J connectivity index is 2.35. The molecular weight excluding hydrogens is 371 g/mol. The summed E-state index contributed by atoms with van der Waals surface area (Å²) in [6.07, 6.45) is 2.40. The molecular formula is C20H20Cl2N2O2. The number of unbranched alkanes of at least 4 members (excludes halogenated alkanes) is 1. The number of aromatic nitrogens is 1. The molecule has 4 N–H and O–H groups in total. The van der Waals surface area contributed by atoms with Crippen molar-refractivity contribution in [1.29, 1.82) is 0 Å². The van der Waals surface area contributed by atoms with Crippen molar-refractivity contribution in [2.75, 3.05) is 6.54 Å². The first-order valence-corrected chi connectivity index (χ1v) is 9.23. The van der Waals surface area contributed by atoms with E-state index in [0.717, 1.165) is 40.6 Å². The summed E-state index contributed by atoms with van der Waals surface area (Å²) in [7, 11) is 0. The maximum atomic E-state index is 11.8. The number of carboxylic acids is 1. The number of halogens is 2. The van der Waals surface area contributed by atoms with Gasteiger partial charge in [-0.05, 0) is 62.1 Å². The van der Waals surface area contributed by atoms with Crippen LogP contribution in [-0.2, 0) is 6.42 Å². The Kier molecular flexibility index (Phi) is 5.56. The number of hydrogen-bond donors (Lipinski definition) is 3. The van der Waals surface area contributed by atoms with Crippen LogP contribution < -0.4 is 5.73 Å². The predicted octanol–water partition coefficient (Wildman–Crippen LogP) is 5.43. The number of aromatic carboxylic acids is 1. The molecule has 6 heteroatoms. The molecule has 0 fully saturated rings. The SMILES string of the molecule is Cc1ccc(C(=O)O)c2c(CCCCN)c(-c3c(Cl)cccc3Cl)[nH]c12. The molecule has 1 aromatic heterocycles. The van der Waals surface area contributed by atoms with Crippen LogP contribution in [0.2, 0.25) is 10.0 Å². The van der Waals surface area contributed by atoms with E-state index in [9.17, 15) is 9.90 Å². The highest BCUT2D eigenvalue weighted by atomic mass is 35.5. The van der Waals surface area contributed by atoms with Crippen molar-refractivity contribution < 1.29 is 9.90 Å². The molecule has 0 amide bonds. The fourth-order valence-corrected chi connectivity index (χ4v) is 3.92. The number of carboxylic acid groups (broad SMARTS) is 1. The quantitative estimate of drug-likeness (QED) is 0.490. The number of benzene rings is 2. The van der Waals surface area contributed by atoms with Crippen LogP contribution in [0.1, 0.15) is 34.3 Å². The van der Waals surface area contributed by atoms with Crippen LogP contribution in [0.4, 0.5) is 0 Å². The Labute approximate surface area is 161 Å². The molecule has 4 nitrogen and oxygen atoms in total. The lowest BCUT2D eigenvalue weighted by molar-refractivity contribution is 0.0699. The van der Waals surface area contributed by atoms with E-state index < -0.39 is 5.97 Å². The van der Waals surface area contributed by atoms with E-state index >= 15 is 0 Å². The number of fused-ring (bicyclic) bond motifs is 1. The summed E-state index contributed by atoms with van der Waals surface area (Å²) in [6, 6.07) is 8.81. The highest BCUT2D eigenvalue weighted by molar-refractivity contribution is 6.39. The second-order valence-corrected chi connectivity index (χ2v) is 7.12. The number of hydrogen-bond acceptors (Lipinski definition) is 2. The first-order chi connectivity index (χ1) is 12.5. The van der Waals surface area contributed by atoms with Gasteiger partial charge in [0, 0.05) is 16.5 Å². The highest BCUT2D eigenvalue weighted by Crippen LogP contribution is 2.41. The van der Waals surface area contributed by atoms with Crippen LogP contribution in [-0.4, -0.2) is 22.6 Å². The molecule has 0 aliphatic heterocycles. The Hall–Kier alpha value is -2.01. The van der Waals surface area contributed by atoms with Gasteiger partial charge in [0.2, 0.25) is 0 Å². The summed E-state index contributed by atoms with van der Waals surface area (Å²) in [5, 5.41) is 11.4. The first-order valence-electron chi connectivity index (χ1n) is 8.47. The third-order valence-electron chi connectivity index (χ3n) is 4.59. The number of aromatic amines is 1. The highest BCUT2D eigenvalue weighted by Gasteiger charge is 2.22. The van der Waals surface area contributed by atoms with E-state index in [1.165, 1.54) is 0 Å². The summed E-state index contributed by atoms with van der Waals surface area (Å²) >= 11 is 12.9. The normalized spacial score (nSPS) is 11.2. The molecule has 3 aromatic rings. The maximum Gasteiger partial charge on any atom is 0.336 e. The van der Waals surface area contributed by atoms with E-state index in [2.05, 4.69) is 4.98 Å². The van der Waals surface area contributed by atoms with Crippen LogP contribution in [0, 0.1) is 6.92 Å². The van der Waals surface area contributed by atoms with Gasteiger partial charge in [-0.1, -0.05) is 35.3 Å². The van der Waals surface area contributed by atoms with Crippen molar-refractivity contribution in [3.05, 3.63) is 57.1 Å². The molecule has 0 unspecified atom stereocenters. The van der Waals surface area contributed by atoms with Crippen LogP contribution >= 0.6 is 23.2 Å². The van der Waals surface area contributed by atoms with Crippen molar-refractivity contribution in [2.24, 2.45) is 5.73 Å². The van der Waals surface area contributed by atoms with Gasteiger partial charge < -0.3 is 15.8 Å². The zero-order valence-electron chi connectivity index (χ0n) is 14.4. The van der Waals surface area contributed by atoms with E-state index in [4.69, 9.17) is 28.9 Å². The minimum Gasteiger partial charge on any atom is -0.478 e. The van der Waals surface area contributed by atoms with Crippen molar-refractivity contribution in [3.63, 3.8) is 0 Å². The maximum absolute atomic E-state index is 11.8. The van der Waals surface area contributed by atoms with Gasteiger partial charge >= 0.3 is 5.97 Å². The fourth-order valence-electron chi connectivity index (χ4n) is 3.33. The van der Waals surface area contributed by atoms with Crippen LogP contribution in [0.5, 0.6) is 0 Å². The molecule has 3 rings (SSSR count). The average Bonchev–Trinajstić information content (AvgIpc) is 2.95. The zero-order chi connectivity index (χ0) is 18.8. The molecule has 136 valence electrons. The van der Waals surface area contributed by atoms with E-state index in [1.807, 2.05) is 13.0 Å². The van der Waals surface area contributed by atoms with Crippen molar-refractivity contribution in [1.82, 2.24) is 4.98 Å².